The standard InChI is InChI=1S/C21H24F3N5O2/c1-5-29-15(3)18(14(2)25-29)12-27(4)20(30)19-9-10-28(26-19)13-31-17-8-6-7-16(11-17)21(22,23)24/h6-11H,5,12-13H2,1-4H3. The molecule has 1 amide bonds. The van der Waals surface area contributed by atoms with Crippen molar-refractivity contribution in [3.05, 3.63) is 64.7 Å². The van der Waals surface area contributed by atoms with Gasteiger partial charge in [-0.3, -0.25) is 9.48 Å². The lowest BCUT2D eigenvalue weighted by Gasteiger charge is -2.16. The number of nitrogens with zero attached hydrogens (tertiary/aromatic N) is 5. The molecule has 0 bridgehead atoms. The van der Waals surface area contributed by atoms with Gasteiger partial charge in [0.05, 0.1) is 11.3 Å². The first kappa shape index (κ1) is 22.4. The van der Waals surface area contributed by atoms with Crippen LogP contribution in [0.4, 0.5) is 13.2 Å². The highest BCUT2D eigenvalue weighted by Crippen LogP contribution is 2.31. The van der Waals surface area contributed by atoms with Crippen LogP contribution in [0.1, 0.15) is 39.9 Å². The van der Waals surface area contributed by atoms with Gasteiger partial charge in [-0.05, 0) is 45.0 Å². The van der Waals surface area contributed by atoms with Crippen molar-refractivity contribution in [3.63, 3.8) is 0 Å². The lowest BCUT2D eigenvalue weighted by molar-refractivity contribution is -0.137. The molecule has 166 valence electrons. The summed E-state index contributed by atoms with van der Waals surface area (Å²) in [5.41, 5.74) is 2.30. The van der Waals surface area contributed by atoms with Crippen LogP contribution in [-0.4, -0.2) is 37.4 Å². The Morgan fingerprint density at radius 3 is 2.58 bits per heavy atom. The van der Waals surface area contributed by atoms with Crippen molar-refractivity contribution in [2.75, 3.05) is 7.05 Å². The van der Waals surface area contributed by atoms with Crippen LogP contribution in [0.3, 0.4) is 0 Å². The number of aromatic nitrogens is 4. The van der Waals surface area contributed by atoms with Gasteiger partial charge in [-0.1, -0.05) is 6.07 Å². The fourth-order valence-electron chi connectivity index (χ4n) is 3.23. The third kappa shape index (κ3) is 5.07. The highest BCUT2D eigenvalue weighted by atomic mass is 19.4. The minimum atomic E-state index is -4.44. The van der Waals surface area contributed by atoms with E-state index in [1.807, 2.05) is 25.5 Å². The van der Waals surface area contributed by atoms with Gasteiger partial charge in [-0.2, -0.15) is 23.4 Å². The minimum absolute atomic E-state index is 0.0641. The fourth-order valence-corrected chi connectivity index (χ4v) is 3.23. The van der Waals surface area contributed by atoms with E-state index in [2.05, 4.69) is 10.2 Å². The molecular formula is C21H24F3N5O2. The van der Waals surface area contributed by atoms with Gasteiger partial charge in [-0.25, -0.2) is 4.68 Å². The van der Waals surface area contributed by atoms with Gasteiger partial charge in [0.2, 0.25) is 0 Å². The summed E-state index contributed by atoms with van der Waals surface area (Å²) in [6.07, 6.45) is -2.90. The van der Waals surface area contributed by atoms with E-state index in [0.29, 0.717) is 6.54 Å². The molecule has 0 aliphatic heterocycles. The predicted molar refractivity (Wildman–Crippen MR) is 107 cm³/mol. The van der Waals surface area contributed by atoms with Gasteiger partial charge in [0.25, 0.3) is 5.91 Å². The number of alkyl halides is 3. The van der Waals surface area contributed by atoms with E-state index < -0.39 is 11.7 Å². The molecule has 7 nitrogen and oxygen atoms in total. The molecule has 0 saturated heterocycles. The molecule has 0 saturated carbocycles. The maximum atomic E-state index is 12.8. The lowest BCUT2D eigenvalue weighted by atomic mass is 10.2. The van der Waals surface area contributed by atoms with Crippen molar-refractivity contribution >= 4 is 5.91 Å². The Hall–Kier alpha value is -3.30. The molecule has 10 heteroatoms. The normalized spacial score (nSPS) is 11.6. The van der Waals surface area contributed by atoms with Crippen molar-refractivity contribution in [1.29, 1.82) is 0 Å². The Bertz CT molecular complexity index is 1070. The summed E-state index contributed by atoms with van der Waals surface area (Å²) in [6, 6.07) is 6.14. The summed E-state index contributed by atoms with van der Waals surface area (Å²) in [5.74, 6) is -0.213. The number of hydrogen-bond donors (Lipinski definition) is 0. The zero-order valence-corrected chi connectivity index (χ0v) is 17.8. The Labute approximate surface area is 178 Å². The molecule has 3 rings (SSSR count). The monoisotopic (exact) mass is 435 g/mol. The molecule has 0 N–H and O–H groups in total. The van der Waals surface area contributed by atoms with Crippen molar-refractivity contribution in [2.24, 2.45) is 0 Å². The van der Waals surface area contributed by atoms with Crippen molar-refractivity contribution in [3.8, 4) is 5.75 Å². The highest BCUT2D eigenvalue weighted by molar-refractivity contribution is 5.92. The van der Waals surface area contributed by atoms with Crippen LogP contribution in [0, 0.1) is 13.8 Å². The molecular weight excluding hydrogens is 411 g/mol. The second kappa shape index (κ2) is 8.83. The van der Waals surface area contributed by atoms with Crippen molar-refractivity contribution in [2.45, 2.75) is 46.8 Å². The molecule has 0 aliphatic carbocycles. The molecule has 0 spiro atoms. The maximum absolute atomic E-state index is 12.8. The van der Waals surface area contributed by atoms with E-state index in [0.717, 1.165) is 35.6 Å². The van der Waals surface area contributed by atoms with Crippen LogP contribution in [-0.2, 0) is 26.0 Å². The Morgan fingerprint density at radius 1 is 1.19 bits per heavy atom. The molecule has 3 aromatic rings. The number of benzene rings is 1. The van der Waals surface area contributed by atoms with E-state index in [9.17, 15) is 18.0 Å². The molecule has 0 atom stereocenters. The van der Waals surface area contributed by atoms with Gasteiger partial charge in [0, 0.05) is 37.6 Å². The van der Waals surface area contributed by atoms with Crippen molar-refractivity contribution in [1.82, 2.24) is 24.5 Å². The summed E-state index contributed by atoms with van der Waals surface area (Å²) in [6.45, 7) is 6.90. The maximum Gasteiger partial charge on any atom is 0.416 e. The number of carbonyl (C=O) groups is 1. The molecule has 31 heavy (non-hydrogen) atoms. The lowest BCUT2D eigenvalue weighted by Crippen LogP contribution is -2.27. The van der Waals surface area contributed by atoms with Gasteiger partial charge >= 0.3 is 6.18 Å². The first-order valence-corrected chi connectivity index (χ1v) is 9.72. The number of halogens is 3. The van der Waals surface area contributed by atoms with Gasteiger partial charge in [-0.15, -0.1) is 0 Å². The minimum Gasteiger partial charge on any atom is -0.471 e. The topological polar surface area (TPSA) is 65.2 Å². The number of hydrogen-bond acceptors (Lipinski definition) is 4. The first-order chi connectivity index (χ1) is 14.6. The second-order valence-electron chi connectivity index (χ2n) is 7.17. The summed E-state index contributed by atoms with van der Waals surface area (Å²) < 4.78 is 47.1. The Balaban J connectivity index is 1.64. The van der Waals surface area contributed by atoms with Crippen LogP contribution < -0.4 is 4.74 Å². The molecule has 1 aromatic carbocycles. The fraction of sp³-hybridized carbons (Fsp3) is 0.381. The average Bonchev–Trinajstić information content (AvgIpc) is 3.31. The van der Waals surface area contributed by atoms with E-state index in [1.165, 1.54) is 16.8 Å². The Morgan fingerprint density at radius 2 is 1.94 bits per heavy atom. The molecule has 0 fully saturated rings. The smallest absolute Gasteiger partial charge is 0.416 e. The number of rotatable bonds is 7. The van der Waals surface area contributed by atoms with Gasteiger partial charge in [0.15, 0.2) is 12.4 Å². The van der Waals surface area contributed by atoms with E-state index in [1.54, 1.807) is 24.2 Å². The van der Waals surface area contributed by atoms with E-state index in [4.69, 9.17) is 4.74 Å². The quantitative estimate of drug-likeness (QED) is 0.562. The number of ether oxygens (including phenoxy) is 1. The summed E-state index contributed by atoms with van der Waals surface area (Å²) in [7, 11) is 1.68. The predicted octanol–water partition coefficient (Wildman–Crippen LogP) is 4.04. The SMILES string of the molecule is CCn1nc(C)c(CN(C)C(=O)c2ccn(COc3cccc(C(F)(F)F)c3)n2)c1C. The molecule has 2 heterocycles. The van der Waals surface area contributed by atoms with Crippen LogP contribution in [0.15, 0.2) is 36.5 Å². The largest absolute Gasteiger partial charge is 0.471 e. The van der Waals surface area contributed by atoms with Gasteiger partial charge in [0.1, 0.15) is 5.75 Å². The van der Waals surface area contributed by atoms with Crippen LogP contribution in [0.5, 0.6) is 5.75 Å². The van der Waals surface area contributed by atoms with E-state index in [-0.39, 0.29) is 24.1 Å². The zero-order valence-electron chi connectivity index (χ0n) is 17.8. The molecule has 0 unspecified atom stereocenters. The molecule has 0 aliphatic rings. The molecule has 2 aromatic heterocycles. The highest BCUT2D eigenvalue weighted by Gasteiger charge is 2.30. The number of carbonyl (C=O) groups excluding carboxylic acids is 1. The van der Waals surface area contributed by atoms with Crippen LogP contribution in [0.25, 0.3) is 0 Å². The van der Waals surface area contributed by atoms with Crippen molar-refractivity contribution < 1.29 is 22.7 Å². The average molecular weight is 435 g/mol. The van der Waals surface area contributed by atoms with Crippen LogP contribution in [0.2, 0.25) is 0 Å². The van der Waals surface area contributed by atoms with E-state index >= 15 is 0 Å². The summed E-state index contributed by atoms with van der Waals surface area (Å²) in [4.78, 5) is 14.3. The third-order valence-electron chi connectivity index (χ3n) is 4.96. The van der Waals surface area contributed by atoms with Gasteiger partial charge < -0.3 is 9.64 Å². The number of aryl methyl sites for hydroxylation is 2. The molecule has 0 radical (unpaired) electrons. The zero-order chi connectivity index (χ0) is 22.8. The third-order valence-corrected chi connectivity index (χ3v) is 4.96. The first-order valence-electron chi connectivity index (χ1n) is 9.72. The van der Waals surface area contributed by atoms with Crippen LogP contribution >= 0.6 is 0 Å². The second-order valence-corrected chi connectivity index (χ2v) is 7.17. The Kier molecular flexibility index (Phi) is 6.37. The summed E-state index contributed by atoms with van der Waals surface area (Å²) >= 11 is 0. The summed E-state index contributed by atoms with van der Waals surface area (Å²) in [5, 5.41) is 8.65. The number of amides is 1.